The number of hydrogen-bond acceptors (Lipinski definition) is 2. The van der Waals surface area contributed by atoms with Gasteiger partial charge in [-0.3, -0.25) is 4.79 Å². The third-order valence-corrected chi connectivity index (χ3v) is 2.33. The predicted octanol–water partition coefficient (Wildman–Crippen LogP) is 2.45. The average molecular weight is 215 g/mol. The molecule has 0 aromatic carbocycles. The van der Waals surface area contributed by atoms with Crippen LogP contribution in [0.5, 0.6) is 0 Å². The quantitative estimate of drug-likeness (QED) is 0.553. The van der Waals surface area contributed by atoms with Gasteiger partial charge in [-0.25, -0.2) is 0 Å². The largest absolute Gasteiger partial charge is 0.381 e. The smallest absolute Gasteiger partial charge is 0.224 e. The molecule has 3 nitrogen and oxygen atoms in total. The SMILES string of the molecule is CCCCOCCC(=O)N(CC)CCC. The van der Waals surface area contributed by atoms with Crippen LogP contribution in [0.1, 0.15) is 46.5 Å². The highest BCUT2D eigenvalue weighted by atomic mass is 16.5. The van der Waals surface area contributed by atoms with Crippen molar-refractivity contribution in [3.05, 3.63) is 0 Å². The third-order valence-electron chi connectivity index (χ3n) is 2.33. The molecule has 0 aliphatic carbocycles. The van der Waals surface area contributed by atoms with E-state index in [2.05, 4.69) is 13.8 Å². The minimum absolute atomic E-state index is 0.218. The predicted molar refractivity (Wildman–Crippen MR) is 62.9 cm³/mol. The lowest BCUT2D eigenvalue weighted by molar-refractivity contribution is -0.132. The van der Waals surface area contributed by atoms with E-state index < -0.39 is 0 Å². The molecule has 0 rings (SSSR count). The van der Waals surface area contributed by atoms with Crippen LogP contribution in [0.25, 0.3) is 0 Å². The Labute approximate surface area is 93.8 Å². The highest BCUT2D eigenvalue weighted by Crippen LogP contribution is 1.97. The zero-order valence-corrected chi connectivity index (χ0v) is 10.4. The van der Waals surface area contributed by atoms with Gasteiger partial charge < -0.3 is 9.64 Å². The second-order valence-corrected chi connectivity index (χ2v) is 3.69. The van der Waals surface area contributed by atoms with Crippen molar-refractivity contribution in [1.82, 2.24) is 4.90 Å². The maximum atomic E-state index is 11.6. The molecule has 0 aromatic heterocycles. The molecular formula is C12H25NO2. The van der Waals surface area contributed by atoms with Gasteiger partial charge in [-0.2, -0.15) is 0 Å². The molecule has 90 valence electrons. The molecule has 0 aliphatic rings. The standard InChI is InChI=1S/C12H25NO2/c1-4-7-10-15-11-8-12(14)13(6-3)9-5-2/h4-11H2,1-3H3. The molecule has 0 saturated carbocycles. The van der Waals surface area contributed by atoms with E-state index in [1.54, 1.807) is 0 Å². The molecule has 1 amide bonds. The zero-order chi connectivity index (χ0) is 11.5. The maximum Gasteiger partial charge on any atom is 0.224 e. The van der Waals surface area contributed by atoms with Crippen LogP contribution in [-0.2, 0) is 9.53 Å². The molecule has 0 saturated heterocycles. The first-order valence-corrected chi connectivity index (χ1v) is 6.11. The van der Waals surface area contributed by atoms with Gasteiger partial charge in [0.1, 0.15) is 0 Å². The first-order valence-electron chi connectivity index (χ1n) is 6.11. The fourth-order valence-corrected chi connectivity index (χ4v) is 1.40. The van der Waals surface area contributed by atoms with Crippen molar-refractivity contribution >= 4 is 5.91 Å². The summed E-state index contributed by atoms with van der Waals surface area (Å²) in [6.07, 6.45) is 3.78. The normalized spacial score (nSPS) is 10.3. The third kappa shape index (κ3) is 7.37. The molecule has 3 heteroatoms. The van der Waals surface area contributed by atoms with Gasteiger partial charge in [-0.1, -0.05) is 20.3 Å². The van der Waals surface area contributed by atoms with Crippen molar-refractivity contribution in [1.29, 1.82) is 0 Å². The fourth-order valence-electron chi connectivity index (χ4n) is 1.40. The fraction of sp³-hybridized carbons (Fsp3) is 0.917. The summed E-state index contributed by atoms with van der Waals surface area (Å²) in [5.74, 6) is 0.218. The maximum absolute atomic E-state index is 11.6. The second-order valence-electron chi connectivity index (χ2n) is 3.69. The van der Waals surface area contributed by atoms with Crippen LogP contribution >= 0.6 is 0 Å². The molecule has 0 aliphatic heterocycles. The molecule has 0 heterocycles. The van der Waals surface area contributed by atoms with E-state index >= 15 is 0 Å². The van der Waals surface area contributed by atoms with E-state index in [1.165, 1.54) is 0 Å². The lowest BCUT2D eigenvalue weighted by Gasteiger charge is -2.19. The number of unbranched alkanes of at least 4 members (excludes halogenated alkanes) is 1. The van der Waals surface area contributed by atoms with Crippen LogP contribution in [0.3, 0.4) is 0 Å². The Bertz CT molecular complexity index is 160. The minimum Gasteiger partial charge on any atom is -0.381 e. The van der Waals surface area contributed by atoms with E-state index in [9.17, 15) is 4.79 Å². The Morgan fingerprint density at radius 1 is 1.13 bits per heavy atom. The summed E-state index contributed by atoms with van der Waals surface area (Å²) < 4.78 is 5.37. The second kappa shape index (κ2) is 9.97. The van der Waals surface area contributed by atoms with Crippen LogP contribution in [0, 0.1) is 0 Å². The lowest BCUT2D eigenvalue weighted by atomic mass is 10.3. The van der Waals surface area contributed by atoms with E-state index in [1.807, 2.05) is 11.8 Å². The van der Waals surface area contributed by atoms with Crippen molar-refractivity contribution in [3.8, 4) is 0 Å². The van der Waals surface area contributed by atoms with Gasteiger partial charge in [0.15, 0.2) is 0 Å². The van der Waals surface area contributed by atoms with Crippen LogP contribution in [0.15, 0.2) is 0 Å². The van der Waals surface area contributed by atoms with E-state index in [-0.39, 0.29) is 5.91 Å². The van der Waals surface area contributed by atoms with Gasteiger partial charge in [0, 0.05) is 19.7 Å². The minimum atomic E-state index is 0.218. The molecule has 15 heavy (non-hydrogen) atoms. The van der Waals surface area contributed by atoms with Crippen LogP contribution < -0.4 is 0 Å². The topological polar surface area (TPSA) is 29.5 Å². The molecule has 0 N–H and O–H groups in total. The van der Waals surface area contributed by atoms with Gasteiger partial charge in [0.05, 0.1) is 13.0 Å². The molecule has 0 radical (unpaired) electrons. The number of rotatable bonds is 9. The van der Waals surface area contributed by atoms with Crippen molar-refractivity contribution in [2.75, 3.05) is 26.3 Å². The Balaban J connectivity index is 3.53. The van der Waals surface area contributed by atoms with Gasteiger partial charge in [0.2, 0.25) is 5.91 Å². The first kappa shape index (κ1) is 14.4. The molecular weight excluding hydrogens is 190 g/mol. The Hall–Kier alpha value is -0.570. The van der Waals surface area contributed by atoms with E-state index in [0.29, 0.717) is 13.0 Å². The highest BCUT2D eigenvalue weighted by Gasteiger charge is 2.09. The number of carbonyl (C=O) groups excluding carboxylic acids is 1. The summed E-state index contributed by atoms with van der Waals surface area (Å²) in [5, 5.41) is 0. The molecule has 0 fully saturated rings. The van der Waals surface area contributed by atoms with Crippen molar-refractivity contribution in [3.63, 3.8) is 0 Å². The summed E-state index contributed by atoms with van der Waals surface area (Å²) in [4.78, 5) is 13.5. The van der Waals surface area contributed by atoms with E-state index in [4.69, 9.17) is 4.74 Å². The monoisotopic (exact) mass is 215 g/mol. The van der Waals surface area contributed by atoms with Crippen molar-refractivity contribution < 1.29 is 9.53 Å². The van der Waals surface area contributed by atoms with Crippen LogP contribution in [0.2, 0.25) is 0 Å². The van der Waals surface area contributed by atoms with E-state index in [0.717, 1.165) is 39.0 Å². The number of hydrogen-bond donors (Lipinski definition) is 0. The number of nitrogens with zero attached hydrogens (tertiary/aromatic N) is 1. The van der Waals surface area contributed by atoms with Crippen LogP contribution in [-0.4, -0.2) is 37.1 Å². The molecule has 0 bridgehead atoms. The summed E-state index contributed by atoms with van der Waals surface area (Å²) >= 11 is 0. The Morgan fingerprint density at radius 2 is 1.87 bits per heavy atom. The Morgan fingerprint density at radius 3 is 2.40 bits per heavy atom. The molecule has 0 spiro atoms. The van der Waals surface area contributed by atoms with Crippen LogP contribution in [0.4, 0.5) is 0 Å². The average Bonchev–Trinajstić information content (AvgIpc) is 2.25. The summed E-state index contributed by atoms with van der Waals surface area (Å²) in [5.41, 5.74) is 0. The van der Waals surface area contributed by atoms with Crippen molar-refractivity contribution in [2.24, 2.45) is 0 Å². The number of carbonyl (C=O) groups is 1. The molecule has 0 unspecified atom stereocenters. The number of ether oxygens (including phenoxy) is 1. The Kier molecular flexibility index (Phi) is 9.59. The highest BCUT2D eigenvalue weighted by molar-refractivity contribution is 5.76. The van der Waals surface area contributed by atoms with Gasteiger partial charge in [-0.15, -0.1) is 0 Å². The zero-order valence-electron chi connectivity index (χ0n) is 10.4. The summed E-state index contributed by atoms with van der Waals surface area (Å²) in [6, 6.07) is 0. The number of amides is 1. The summed E-state index contributed by atoms with van der Waals surface area (Å²) in [6.45, 7) is 9.27. The van der Waals surface area contributed by atoms with Gasteiger partial charge in [-0.05, 0) is 19.8 Å². The molecule has 0 atom stereocenters. The lowest BCUT2D eigenvalue weighted by Crippen LogP contribution is -2.32. The summed E-state index contributed by atoms with van der Waals surface area (Å²) in [7, 11) is 0. The van der Waals surface area contributed by atoms with Crippen molar-refractivity contribution in [2.45, 2.75) is 46.5 Å². The van der Waals surface area contributed by atoms with Gasteiger partial charge in [0.25, 0.3) is 0 Å². The first-order chi connectivity index (χ1) is 7.26. The molecule has 0 aromatic rings. The van der Waals surface area contributed by atoms with Gasteiger partial charge >= 0.3 is 0 Å².